The Morgan fingerprint density at radius 2 is 0.854 bits per heavy atom. The molecule has 2 atom stereocenters. The van der Waals surface area contributed by atoms with Gasteiger partial charge in [-0.1, -0.05) is 78.1 Å². The molecule has 2 rings (SSSR count). The lowest BCUT2D eigenvalue weighted by atomic mass is 9.79. The monoisotopic (exact) mass is 681 g/mol. The molecule has 0 radical (unpaired) electrons. The van der Waals surface area contributed by atoms with Crippen LogP contribution in [0.15, 0.2) is 0 Å². The van der Waals surface area contributed by atoms with Crippen LogP contribution in [0.4, 0.5) is 0 Å². The first-order chi connectivity index (χ1) is 22.6. The Morgan fingerprint density at radius 1 is 0.521 bits per heavy atom. The highest BCUT2D eigenvalue weighted by molar-refractivity contribution is 5.71. The van der Waals surface area contributed by atoms with E-state index in [2.05, 4.69) is 79.4 Å². The predicted octanol–water partition coefficient (Wildman–Crippen LogP) is 10.3. The van der Waals surface area contributed by atoms with Crippen LogP contribution in [-0.2, 0) is 28.7 Å². The van der Waals surface area contributed by atoms with Crippen molar-refractivity contribution in [3.05, 3.63) is 0 Å². The van der Waals surface area contributed by atoms with Gasteiger partial charge >= 0.3 is 11.9 Å². The van der Waals surface area contributed by atoms with Gasteiger partial charge in [-0.25, -0.2) is 0 Å². The molecule has 0 saturated carbocycles. The van der Waals surface area contributed by atoms with Crippen LogP contribution in [0.25, 0.3) is 0 Å². The minimum absolute atomic E-state index is 0.130. The quantitative estimate of drug-likeness (QED) is 0.0780. The van der Waals surface area contributed by atoms with Gasteiger partial charge in [-0.05, 0) is 107 Å². The maximum absolute atomic E-state index is 13.0. The molecule has 282 valence electrons. The summed E-state index contributed by atoms with van der Waals surface area (Å²) < 4.78 is 12.1. The number of unbranched alkanes of at least 4 members (excludes halogenated alkanes) is 11. The molecular weight excluding hydrogens is 604 g/mol. The van der Waals surface area contributed by atoms with E-state index in [1.54, 1.807) is 0 Å². The third-order valence-corrected chi connectivity index (χ3v) is 10.8. The molecule has 8 nitrogen and oxygen atoms in total. The molecule has 0 aliphatic carbocycles. The highest BCUT2D eigenvalue weighted by Gasteiger charge is 2.51. The summed E-state index contributed by atoms with van der Waals surface area (Å²) in [7, 11) is 0. The number of rotatable bonds is 23. The van der Waals surface area contributed by atoms with E-state index in [9.17, 15) is 9.59 Å². The van der Waals surface area contributed by atoms with Crippen LogP contribution in [0.2, 0.25) is 0 Å². The normalized spacial score (nSPS) is 23.5. The Labute approximate surface area is 295 Å². The number of esters is 2. The number of carbonyl (C=O) groups excluding carboxylic acids is 2. The van der Waals surface area contributed by atoms with Crippen molar-refractivity contribution in [2.75, 3.05) is 13.2 Å². The van der Waals surface area contributed by atoms with E-state index < -0.39 is 11.1 Å². The average molecular weight is 681 g/mol. The number of hydrogen-bond donors (Lipinski definition) is 0. The second kappa shape index (κ2) is 20.6. The number of piperidine rings is 2. The fraction of sp³-hybridized carbons (Fsp3) is 0.950. The van der Waals surface area contributed by atoms with Crippen molar-refractivity contribution < 1.29 is 28.7 Å². The third kappa shape index (κ3) is 13.5. The van der Waals surface area contributed by atoms with Crippen LogP contribution < -0.4 is 0 Å². The molecule has 2 aliphatic heterocycles. The molecule has 8 heteroatoms. The van der Waals surface area contributed by atoms with Crippen LogP contribution >= 0.6 is 0 Å². The van der Waals surface area contributed by atoms with Crippen LogP contribution in [0.1, 0.15) is 198 Å². The van der Waals surface area contributed by atoms with Gasteiger partial charge in [0.05, 0.1) is 24.3 Å². The van der Waals surface area contributed by atoms with Gasteiger partial charge in [-0.2, -0.15) is 10.1 Å². The van der Waals surface area contributed by atoms with E-state index >= 15 is 0 Å². The van der Waals surface area contributed by atoms with Crippen molar-refractivity contribution in [2.24, 2.45) is 0 Å². The van der Waals surface area contributed by atoms with E-state index in [4.69, 9.17) is 19.1 Å². The predicted molar refractivity (Wildman–Crippen MR) is 195 cm³/mol. The smallest absolute Gasteiger partial charge is 0.306 e. The summed E-state index contributed by atoms with van der Waals surface area (Å²) in [5, 5.41) is 4.19. The van der Waals surface area contributed by atoms with E-state index in [0.29, 0.717) is 38.9 Å². The summed E-state index contributed by atoms with van der Waals surface area (Å²) in [4.78, 5) is 38.7. The van der Waals surface area contributed by atoms with Crippen molar-refractivity contribution in [3.8, 4) is 0 Å². The maximum Gasteiger partial charge on any atom is 0.306 e. The molecule has 2 heterocycles. The van der Waals surface area contributed by atoms with Gasteiger partial charge < -0.3 is 9.47 Å². The van der Waals surface area contributed by atoms with Gasteiger partial charge in [0.2, 0.25) is 0 Å². The Hall–Kier alpha value is -1.22. The molecule has 48 heavy (non-hydrogen) atoms. The highest BCUT2D eigenvalue weighted by Crippen LogP contribution is 2.41. The van der Waals surface area contributed by atoms with Crippen molar-refractivity contribution in [3.63, 3.8) is 0 Å². The standard InChI is InChI=1S/C40H76N2O6/c1-11-13-15-17-19-23-31-45-41-37(3,4)29-27-33(39(41,7)8)47-35(43)25-21-22-26-36(44)48-34-28-30-38(5,6)42(40(34,9)10)46-32-24-20-18-16-14-12-2/h33-34H,11-32H2,1-10H3. The van der Waals surface area contributed by atoms with Crippen LogP contribution in [0.5, 0.6) is 0 Å². The number of carbonyl (C=O) groups is 2. The molecular formula is C40H76N2O6. The third-order valence-electron chi connectivity index (χ3n) is 10.8. The molecule has 0 aromatic heterocycles. The molecule has 2 fully saturated rings. The van der Waals surface area contributed by atoms with E-state index in [0.717, 1.165) is 38.5 Å². The summed E-state index contributed by atoms with van der Waals surface area (Å²) in [5.74, 6) is -0.406. The Morgan fingerprint density at radius 3 is 1.21 bits per heavy atom. The summed E-state index contributed by atoms with van der Waals surface area (Å²) in [6, 6.07) is 0. The average Bonchev–Trinajstić information content (AvgIpc) is 3.00. The SMILES string of the molecule is CCCCCCCCON1C(C)(C)CCC(OC(=O)CCCCC(=O)OC2CCC(C)(C)N(OCCCCCCCC)C2(C)C)C1(C)C. The fourth-order valence-corrected chi connectivity index (χ4v) is 7.84. The number of hydrogen-bond acceptors (Lipinski definition) is 8. The minimum atomic E-state index is -0.434. The second-order valence-electron chi connectivity index (χ2n) is 17.0. The van der Waals surface area contributed by atoms with Crippen molar-refractivity contribution >= 4 is 11.9 Å². The number of hydroxylamine groups is 4. The summed E-state index contributed by atoms with van der Waals surface area (Å²) in [6.45, 7) is 23.2. The molecule has 2 saturated heterocycles. The van der Waals surface area contributed by atoms with E-state index in [1.807, 2.05) is 0 Å². The van der Waals surface area contributed by atoms with Gasteiger partial charge in [0.25, 0.3) is 0 Å². The molecule has 2 unspecified atom stereocenters. The first kappa shape index (κ1) is 42.9. The van der Waals surface area contributed by atoms with Crippen molar-refractivity contribution in [2.45, 2.75) is 232 Å². The molecule has 0 aromatic rings. The zero-order valence-corrected chi connectivity index (χ0v) is 33.1. The van der Waals surface area contributed by atoms with Crippen LogP contribution in [0.3, 0.4) is 0 Å². The van der Waals surface area contributed by atoms with E-state index in [1.165, 1.54) is 64.2 Å². The van der Waals surface area contributed by atoms with Gasteiger partial charge in [-0.15, -0.1) is 0 Å². The summed E-state index contributed by atoms with van der Waals surface area (Å²) in [6.07, 6.45) is 19.4. The molecule has 0 amide bonds. The first-order valence-corrected chi connectivity index (χ1v) is 19.8. The highest BCUT2D eigenvalue weighted by atomic mass is 16.7. The zero-order chi connectivity index (χ0) is 35.8. The van der Waals surface area contributed by atoms with Crippen LogP contribution in [-0.4, -0.2) is 69.6 Å². The summed E-state index contributed by atoms with van der Waals surface area (Å²) in [5.41, 5.74) is -1.13. The minimum Gasteiger partial charge on any atom is -0.460 e. The topological polar surface area (TPSA) is 77.5 Å². The van der Waals surface area contributed by atoms with E-state index in [-0.39, 0.29) is 35.2 Å². The van der Waals surface area contributed by atoms with Gasteiger partial charge in [-0.3, -0.25) is 19.3 Å². The van der Waals surface area contributed by atoms with Crippen molar-refractivity contribution in [1.29, 1.82) is 0 Å². The molecule has 0 spiro atoms. The molecule has 0 aromatic carbocycles. The van der Waals surface area contributed by atoms with Gasteiger partial charge in [0, 0.05) is 23.9 Å². The Balaban J connectivity index is 1.76. The molecule has 0 bridgehead atoms. The summed E-state index contributed by atoms with van der Waals surface area (Å²) >= 11 is 0. The second-order valence-corrected chi connectivity index (χ2v) is 17.0. The molecule has 0 N–H and O–H groups in total. The van der Waals surface area contributed by atoms with Crippen molar-refractivity contribution in [1.82, 2.24) is 10.1 Å². The largest absolute Gasteiger partial charge is 0.460 e. The lowest BCUT2D eigenvalue weighted by molar-refractivity contribution is -0.304. The Kier molecular flexibility index (Phi) is 18.4. The number of nitrogens with zero attached hydrogens (tertiary/aromatic N) is 2. The van der Waals surface area contributed by atoms with Gasteiger partial charge in [0.1, 0.15) is 12.2 Å². The first-order valence-electron chi connectivity index (χ1n) is 19.8. The van der Waals surface area contributed by atoms with Gasteiger partial charge in [0.15, 0.2) is 0 Å². The zero-order valence-electron chi connectivity index (χ0n) is 33.1. The fourth-order valence-electron chi connectivity index (χ4n) is 7.84. The number of ether oxygens (including phenoxy) is 2. The molecule has 2 aliphatic rings. The van der Waals surface area contributed by atoms with Crippen LogP contribution in [0, 0.1) is 0 Å². The Bertz CT molecular complexity index is 859. The maximum atomic E-state index is 13.0. The lowest BCUT2D eigenvalue weighted by Gasteiger charge is -2.54. The lowest BCUT2D eigenvalue weighted by Crippen LogP contribution is -2.65.